The van der Waals surface area contributed by atoms with Crippen LogP contribution in [-0.2, 0) is 17.9 Å². The van der Waals surface area contributed by atoms with Gasteiger partial charge in [-0.1, -0.05) is 25.0 Å². The second kappa shape index (κ2) is 6.49. The summed E-state index contributed by atoms with van der Waals surface area (Å²) in [5.41, 5.74) is 0.866. The Morgan fingerprint density at radius 3 is 3.00 bits per heavy atom. The average molecular weight is 251 g/mol. The van der Waals surface area contributed by atoms with Gasteiger partial charge < -0.3 is 10.6 Å². The lowest BCUT2D eigenvalue weighted by molar-refractivity contribution is -0.122. The first-order chi connectivity index (χ1) is 8.78. The van der Waals surface area contributed by atoms with E-state index in [1.165, 1.54) is 12.8 Å². The first-order valence-electron chi connectivity index (χ1n) is 6.67. The fourth-order valence-electron chi connectivity index (χ4n) is 2.24. The van der Waals surface area contributed by atoms with Gasteiger partial charge in [-0.25, -0.2) is 4.68 Å². The minimum Gasteiger partial charge on any atom is -0.352 e. The van der Waals surface area contributed by atoms with Crippen molar-refractivity contribution in [2.24, 2.45) is 0 Å². The zero-order valence-electron chi connectivity index (χ0n) is 10.9. The largest absolute Gasteiger partial charge is 0.352 e. The molecule has 1 aliphatic carbocycles. The second-order valence-corrected chi connectivity index (χ2v) is 4.74. The summed E-state index contributed by atoms with van der Waals surface area (Å²) >= 11 is 0. The molecule has 1 aromatic rings. The number of rotatable bonds is 6. The van der Waals surface area contributed by atoms with Gasteiger partial charge in [0.25, 0.3) is 0 Å². The highest BCUT2D eigenvalue weighted by Crippen LogP contribution is 2.17. The summed E-state index contributed by atoms with van der Waals surface area (Å²) in [4.78, 5) is 11.8. The van der Waals surface area contributed by atoms with Gasteiger partial charge in [0.05, 0.1) is 11.9 Å². The Morgan fingerprint density at radius 2 is 2.28 bits per heavy atom. The molecule has 1 amide bonds. The number of hydrogen-bond acceptors (Lipinski definition) is 4. The van der Waals surface area contributed by atoms with Gasteiger partial charge in [-0.05, 0) is 19.4 Å². The van der Waals surface area contributed by atoms with E-state index in [0.717, 1.165) is 25.1 Å². The number of nitrogens with zero attached hydrogens (tertiary/aromatic N) is 3. The van der Waals surface area contributed by atoms with E-state index in [9.17, 15) is 4.79 Å². The molecule has 0 aliphatic heterocycles. The van der Waals surface area contributed by atoms with E-state index in [1.54, 1.807) is 4.68 Å². The van der Waals surface area contributed by atoms with Crippen LogP contribution >= 0.6 is 0 Å². The molecule has 0 unspecified atom stereocenters. The van der Waals surface area contributed by atoms with Crippen molar-refractivity contribution in [3.05, 3.63) is 11.9 Å². The van der Waals surface area contributed by atoms with Gasteiger partial charge in [0.15, 0.2) is 0 Å². The van der Waals surface area contributed by atoms with Crippen molar-refractivity contribution in [1.29, 1.82) is 0 Å². The number of amides is 1. The molecule has 0 atom stereocenters. The third kappa shape index (κ3) is 3.80. The number of carbonyl (C=O) groups is 1. The molecule has 0 radical (unpaired) electrons. The molecule has 2 rings (SSSR count). The molecule has 1 fully saturated rings. The van der Waals surface area contributed by atoms with Crippen molar-refractivity contribution in [2.45, 2.75) is 51.7 Å². The third-order valence-electron chi connectivity index (χ3n) is 3.17. The SMILES string of the molecule is CCNCc1cn(CC(=O)NC2CCCC2)nn1. The van der Waals surface area contributed by atoms with Crippen LogP contribution in [0.5, 0.6) is 0 Å². The van der Waals surface area contributed by atoms with E-state index in [2.05, 4.69) is 20.9 Å². The molecule has 1 heterocycles. The van der Waals surface area contributed by atoms with Crippen molar-refractivity contribution < 1.29 is 4.79 Å². The smallest absolute Gasteiger partial charge is 0.242 e. The van der Waals surface area contributed by atoms with E-state index in [4.69, 9.17) is 0 Å². The van der Waals surface area contributed by atoms with Gasteiger partial charge in [-0.3, -0.25) is 4.79 Å². The van der Waals surface area contributed by atoms with Crippen LogP contribution in [-0.4, -0.2) is 33.5 Å². The molecule has 0 aromatic carbocycles. The lowest BCUT2D eigenvalue weighted by Crippen LogP contribution is -2.35. The highest BCUT2D eigenvalue weighted by molar-refractivity contribution is 5.75. The maximum Gasteiger partial charge on any atom is 0.242 e. The number of aromatic nitrogens is 3. The summed E-state index contributed by atoms with van der Waals surface area (Å²) < 4.78 is 1.59. The number of nitrogens with one attached hydrogen (secondary N) is 2. The third-order valence-corrected chi connectivity index (χ3v) is 3.17. The normalized spacial score (nSPS) is 16.1. The zero-order chi connectivity index (χ0) is 12.8. The van der Waals surface area contributed by atoms with Crippen LogP contribution < -0.4 is 10.6 Å². The van der Waals surface area contributed by atoms with Crippen molar-refractivity contribution in [3.63, 3.8) is 0 Å². The van der Waals surface area contributed by atoms with Gasteiger partial charge in [0.2, 0.25) is 5.91 Å². The van der Waals surface area contributed by atoms with E-state index in [1.807, 2.05) is 13.1 Å². The Bertz CT molecular complexity index is 384. The molecule has 0 bridgehead atoms. The van der Waals surface area contributed by atoms with Crippen molar-refractivity contribution >= 4 is 5.91 Å². The predicted octanol–water partition coefficient (Wildman–Crippen LogP) is 0.446. The summed E-state index contributed by atoms with van der Waals surface area (Å²) in [6, 6.07) is 0.363. The molecule has 0 spiro atoms. The molecular weight excluding hydrogens is 230 g/mol. The maximum atomic E-state index is 11.8. The average Bonchev–Trinajstić information content (AvgIpc) is 2.98. The van der Waals surface area contributed by atoms with Gasteiger partial charge in [-0.2, -0.15) is 0 Å². The summed E-state index contributed by atoms with van der Waals surface area (Å²) in [6.07, 6.45) is 6.47. The second-order valence-electron chi connectivity index (χ2n) is 4.74. The monoisotopic (exact) mass is 251 g/mol. The van der Waals surface area contributed by atoms with Crippen LogP contribution in [0.2, 0.25) is 0 Å². The highest BCUT2D eigenvalue weighted by Gasteiger charge is 2.17. The van der Waals surface area contributed by atoms with E-state index >= 15 is 0 Å². The van der Waals surface area contributed by atoms with Crippen LogP contribution in [0.25, 0.3) is 0 Å². The van der Waals surface area contributed by atoms with Gasteiger partial charge in [0, 0.05) is 12.6 Å². The highest BCUT2D eigenvalue weighted by atomic mass is 16.2. The molecule has 1 aliphatic rings. The topological polar surface area (TPSA) is 71.8 Å². The molecule has 0 saturated heterocycles. The Kier molecular flexibility index (Phi) is 4.69. The van der Waals surface area contributed by atoms with Crippen LogP contribution in [0, 0.1) is 0 Å². The Balaban J connectivity index is 1.77. The van der Waals surface area contributed by atoms with Gasteiger partial charge in [-0.15, -0.1) is 5.10 Å². The van der Waals surface area contributed by atoms with Crippen molar-refractivity contribution in [2.75, 3.05) is 6.54 Å². The fourth-order valence-corrected chi connectivity index (χ4v) is 2.24. The Morgan fingerprint density at radius 1 is 1.50 bits per heavy atom. The zero-order valence-corrected chi connectivity index (χ0v) is 10.9. The van der Waals surface area contributed by atoms with Crippen LogP contribution in [0.1, 0.15) is 38.3 Å². The molecule has 2 N–H and O–H groups in total. The van der Waals surface area contributed by atoms with E-state index < -0.39 is 0 Å². The van der Waals surface area contributed by atoms with Crippen LogP contribution in [0.4, 0.5) is 0 Å². The summed E-state index contributed by atoms with van der Waals surface area (Å²) in [7, 11) is 0. The summed E-state index contributed by atoms with van der Waals surface area (Å²) in [5, 5.41) is 14.2. The quantitative estimate of drug-likeness (QED) is 0.770. The van der Waals surface area contributed by atoms with Crippen molar-refractivity contribution in [3.8, 4) is 0 Å². The van der Waals surface area contributed by atoms with Crippen LogP contribution in [0.3, 0.4) is 0 Å². The molecule has 18 heavy (non-hydrogen) atoms. The summed E-state index contributed by atoms with van der Waals surface area (Å²) in [5.74, 6) is 0.0294. The maximum absolute atomic E-state index is 11.8. The molecular formula is C12H21N5O. The van der Waals surface area contributed by atoms with E-state index in [0.29, 0.717) is 12.6 Å². The van der Waals surface area contributed by atoms with Crippen molar-refractivity contribution in [1.82, 2.24) is 25.6 Å². The minimum absolute atomic E-state index is 0.0294. The number of hydrogen-bond donors (Lipinski definition) is 2. The Hall–Kier alpha value is -1.43. The molecule has 6 nitrogen and oxygen atoms in total. The predicted molar refractivity (Wildman–Crippen MR) is 67.8 cm³/mol. The number of carbonyl (C=O) groups excluding carboxylic acids is 1. The molecule has 100 valence electrons. The first-order valence-corrected chi connectivity index (χ1v) is 6.67. The van der Waals surface area contributed by atoms with E-state index in [-0.39, 0.29) is 12.5 Å². The summed E-state index contributed by atoms with van der Waals surface area (Å²) in [6.45, 7) is 3.89. The molecule has 1 saturated carbocycles. The fraction of sp³-hybridized carbons (Fsp3) is 0.750. The molecule has 6 heteroatoms. The first kappa shape index (κ1) is 13.0. The minimum atomic E-state index is 0.0294. The van der Waals surface area contributed by atoms with Gasteiger partial charge >= 0.3 is 0 Å². The van der Waals surface area contributed by atoms with Gasteiger partial charge in [0.1, 0.15) is 6.54 Å². The Labute approximate surface area is 107 Å². The lowest BCUT2D eigenvalue weighted by atomic mass is 10.2. The molecule has 1 aromatic heterocycles. The standard InChI is InChI=1S/C12H21N5O/c1-2-13-7-11-8-17(16-15-11)9-12(18)14-10-5-3-4-6-10/h8,10,13H,2-7,9H2,1H3,(H,14,18). The van der Waals surface area contributed by atoms with Crippen LogP contribution in [0.15, 0.2) is 6.20 Å². The lowest BCUT2D eigenvalue weighted by Gasteiger charge is -2.11.